The lowest BCUT2D eigenvalue weighted by atomic mass is 10.2. The van der Waals surface area contributed by atoms with Gasteiger partial charge >= 0.3 is 0 Å². The lowest BCUT2D eigenvalue weighted by Gasteiger charge is -1.98. The average Bonchev–Trinajstić information content (AvgIpc) is 1.88. The highest BCUT2D eigenvalue weighted by Gasteiger charge is 1.94. The minimum atomic E-state index is 0.594. The van der Waals surface area contributed by atoms with Crippen molar-refractivity contribution in [3.05, 3.63) is 22.4 Å². The van der Waals surface area contributed by atoms with Crippen molar-refractivity contribution in [2.24, 2.45) is 10.9 Å². The molecule has 0 aliphatic heterocycles. The van der Waals surface area contributed by atoms with Crippen molar-refractivity contribution >= 4 is 28.8 Å². The maximum atomic E-state index is 3.85. The molecule has 0 rings (SSSR count). The zero-order chi connectivity index (χ0) is 7.98. The molecular weight excluding hydrogens is 237 g/mol. The maximum Gasteiger partial charge on any atom is 0.0274 e. The van der Waals surface area contributed by atoms with E-state index in [1.807, 2.05) is 6.08 Å². The maximum absolute atomic E-state index is 3.85. The Morgan fingerprint density at radius 2 is 2.20 bits per heavy atom. The zero-order valence-electron chi connectivity index (χ0n) is 6.34. The molecule has 0 spiro atoms. The van der Waals surface area contributed by atoms with E-state index >= 15 is 0 Å². The van der Waals surface area contributed by atoms with Crippen molar-refractivity contribution in [1.29, 1.82) is 0 Å². The molecule has 0 aliphatic rings. The number of aliphatic imine (C=N–C) groups is 1. The number of rotatable bonds is 3. The van der Waals surface area contributed by atoms with Crippen molar-refractivity contribution in [1.82, 2.24) is 0 Å². The molecule has 0 fully saturated rings. The van der Waals surface area contributed by atoms with E-state index in [0.29, 0.717) is 5.92 Å². The molecule has 0 heterocycles. The van der Waals surface area contributed by atoms with Crippen LogP contribution in [0.5, 0.6) is 0 Å². The van der Waals surface area contributed by atoms with E-state index in [0.717, 1.165) is 0 Å². The van der Waals surface area contributed by atoms with Crippen molar-refractivity contribution in [3.63, 3.8) is 0 Å². The van der Waals surface area contributed by atoms with Crippen molar-refractivity contribution in [3.8, 4) is 0 Å². The second-order valence-corrected chi connectivity index (χ2v) is 3.43. The van der Waals surface area contributed by atoms with Gasteiger partial charge in [0.25, 0.3) is 0 Å². The third-order valence-electron chi connectivity index (χ3n) is 0.977. The zero-order valence-corrected chi connectivity index (χ0v) is 8.50. The first-order chi connectivity index (χ1) is 4.68. The van der Waals surface area contributed by atoms with Gasteiger partial charge in [-0.25, -0.2) is 0 Å². The molecule has 0 aromatic rings. The van der Waals surface area contributed by atoms with Gasteiger partial charge in [-0.05, 0) is 38.2 Å². The molecule has 0 aliphatic carbocycles. The third-order valence-corrected chi connectivity index (χ3v) is 2.58. The van der Waals surface area contributed by atoms with Crippen molar-refractivity contribution in [2.45, 2.75) is 13.8 Å². The summed E-state index contributed by atoms with van der Waals surface area (Å²) in [6.07, 6.45) is 5.28. The van der Waals surface area contributed by atoms with Crippen LogP contribution in [0.3, 0.4) is 0 Å². The van der Waals surface area contributed by atoms with Gasteiger partial charge in [0.15, 0.2) is 0 Å². The SMILES string of the molecule is C=C/N=C\C=C(/I)C(C)C. The molecule has 0 unspecified atom stereocenters. The highest BCUT2D eigenvalue weighted by Crippen LogP contribution is 2.15. The molecule has 1 nitrogen and oxygen atoms in total. The Morgan fingerprint density at radius 1 is 1.60 bits per heavy atom. The van der Waals surface area contributed by atoms with Crippen LogP contribution in [0.15, 0.2) is 27.4 Å². The summed E-state index contributed by atoms with van der Waals surface area (Å²) >= 11 is 2.31. The van der Waals surface area contributed by atoms with E-state index in [2.05, 4.69) is 48.0 Å². The summed E-state index contributed by atoms with van der Waals surface area (Å²) in [4.78, 5) is 3.85. The minimum absolute atomic E-state index is 0.594. The summed E-state index contributed by atoms with van der Waals surface area (Å²) in [6.45, 7) is 7.78. The molecule has 10 heavy (non-hydrogen) atoms. The van der Waals surface area contributed by atoms with Gasteiger partial charge in [0.2, 0.25) is 0 Å². The van der Waals surface area contributed by atoms with Crippen LogP contribution < -0.4 is 0 Å². The lowest BCUT2D eigenvalue weighted by Crippen LogP contribution is -1.84. The largest absolute Gasteiger partial charge is 0.265 e. The van der Waals surface area contributed by atoms with Crippen molar-refractivity contribution in [2.75, 3.05) is 0 Å². The second-order valence-electron chi connectivity index (χ2n) is 2.19. The molecular formula is C8H12IN. The summed E-state index contributed by atoms with van der Waals surface area (Å²) in [5.41, 5.74) is 0. The van der Waals surface area contributed by atoms with Gasteiger partial charge in [-0.1, -0.05) is 20.4 Å². The van der Waals surface area contributed by atoms with Gasteiger partial charge in [0.1, 0.15) is 0 Å². The first kappa shape index (κ1) is 9.88. The highest BCUT2D eigenvalue weighted by atomic mass is 127. The van der Waals surface area contributed by atoms with E-state index in [4.69, 9.17) is 0 Å². The summed E-state index contributed by atoms with van der Waals surface area (Å²) in [5, 5.41) is 0. The number of allylic oxidation sites excluding steroid dienone is 2. The Kier molecular flexibility index (Phi) is 5.58. The summed E-state index contributed by atoms with van der Waals surface area (Å²) < 4.78 is 1.31. The molecule has 0 N–H and O–H groups in total. The molecule has 0 amide bonds. The molecule has 0 atom stereocenters. The van der Waals surface area contributed by atoms with Crippen LogP contribution in [0.1, 0.15) is 13.8 Å². The number of nitrogens with zero attached hydrogens (tertiary/aromatic N) is 1. The number of hydrogen-bond acceptors (Lipinski definition) is 1. The molecule has 0 aromatic heterocycles. The van der Waals surface area contributed by atoms with Crippen molar-refractivity contribution < 1.29 is 0 Å². The average molecular weight is 249 g/mol. The molecule has 0 bridgehead atoms. The van der Waals surface area contributed by atoms with Crippen LogP contribution in [0.2, 0.25) is 0 Å². The lowest BCUT2D eigenvalue weighted by molar-refractivity contribution is 0.826. The van der Waals surface area contributed by atoms with Gasteiger partial charge in [-0.2, -0.15) is 0 Å². The van der Waals surface area contributed by atoms with Crippen LogP contribution in [0.25, 0.3) is 0 Å². The predicted octanol–water partition coefficient (Wildman–Crippen LogP) is 3.18. The molecule has 0 saturated heterocycles. The smallest absolute Gasteiger partial charge is 0.0274 e. The third kappa shape index (κ3) is 4.73. The Morgan fingerprint density at radius 3 is 2.60 bits per heavy atom. The quantitative estimate of drug-likeness (QED) is 0.538. The van der Waals surface area contributed by atoms with E-state index in [-0.39, 0.29) is 0 Å². The minimum Gasteiger partial charge on any atom is -0.265 e. The molecule has 0 saturated carbocycles. The Labute approximate surface area is 76.1 Å². The van der Waals surface area contributed by atoms with Crippen LogP contribution in [-0.4, -0.2) is 6.21 Å². The van der Waals surface area contributed by atoms with Gasteiger partial charge in [-0.3, -0.25) is 4.99 Å². The Hall–Kier alpha value is -0.120. The van der Waals surface area contributed by atoms with E-state index in [1.54, 1.807) is 6.21 Å². The second kappa shape index (κ2) is 5.65. The summed E-state index contributed by atoms with van der Waals surface area (Å²) in [5.74, 6) is 0.594. The Bertz CT molecular complexity index is 157. The summed E-state index contributed by atoms with van der Waals surface area (Å²) in [7, 11) is 0. The fourth-order valence-corrected chi connectivity index (χ4v) is 0.528. The standard InChI is InChI=1S/C8H12IN/c1-4-10-6-5-8(9)7(2)3/h4-7H,1H2,2-3H3/b8-5-,10-6-. The van der Waals surface area contributed by atoms with Crippen LogP contribution in [0.4, 0.5) is 0 Å². The molecule has 0 aromatic carbocycles. The van der Waals surface area contributed by atoms with Crippen LogP contribution >= 0.6 is 22.6 Å². The Balaban J connectivity index is 3.91. The fraction of sp³-hybridized carbons (Fsp3) is 0.375. The summed E-state index contributed by atoms with van der Waals surface area (Å²) in [6, 6.07) is 0. The van der Waals surface area contributed by atoms with Gasteiger partial charge in [0.05, 0.1) is 0 Å². The number of hydrogen-bond donors (Lipinski definition) is 0. The highest BCUT2D eigenvalue weighted by molar-refractivity contribution is 14.1. The van der Waals surface area contributed by atoms with Crippen LogP contribution in [-0.2, 0) is 0 Å². The van der Waals surface area contributed by atoms with E-state index in [9.17, 15) is 0 Å². The first-order valence-electron chi connectivity index (χ1n) is 3.18. The van der Waals surface area contributed by atoms with E-state index in [1.165, 1.54) is 9.78 Å². The van der Waals surface area contributed by atoms with Crippen LogP contribution in [0, 0.1) is 5.92 Å². The van der Waals surface area contributed by atoms with E-state index < -0.39 is 0 Å². The first-order valence-corrected chi connectivity index (χ1v) is 4.26. The molecule has 56 valence electrons. The van der Waals surface area contributed by atoms with Gasteiger partial charge in [-0.15, -0.1) is 0 Å². The van der Waals surface area contributed by atoms with Gasteiger partial charge < -0.3 is 0 Å². The fourth-order valence-electron chi connectivity index (χ4n) is 0.368. The topological polar surface area (TPSA) is 12.4 Å². The number of halogens is 1. The monoisotopic (exact) mass is 249 g/mol. The molecule has 0 radical (unpaired) electrons. The predicted molar refractivity (Wildman–Crippen MR) is 55.6 cm³/mol. The normalized spacial score (nSPS) is 13.0. The molecule has 2 heteroatoms. The van der Waals surface area contributed by atoms with Gasteiger partial charge in [0, 0.05) is 12.4 Å².